The Morgan fingerprint density at radius 3 is 1.40 bits per heavy atom. The Kier molecular flexibility index (Phi) is 29.7. The Morgan fingerprint density at radius 2 is 0.989 bits per heavy atom. The summed E-state index contributed by atoms with van der Waals surface area (Å²) < 4.78 is 53.5. The normalized spacial score (nSPS) is 16.7. The van der Waals surface area contributed by atoms with Crippen molar-refractivity contribution >= 4 is 62.7 Å². The van der Waals surface area contributed by atoms with Gasteiger partial charge in [-0.1, -0.05) is 81.1 Å². The molecule has 9 N–H and O–H groups in total. The molecule has 2 atom stereocenters. The largest absolute Gasteiger partial charge is 0.377 e. The van der Waals surface area contributed by atoms with Crippen LogP contribution in [0.1, 0.15) is 184 Å². The zero-order valence-corrected chi connectivity index (χ0v) is 55.6. The van der Waals surface area contributed by atoms with Gasteiger partial charge in [-0.25, -0.2) is 0 Å². The molecule has 8 rings (SSSR count). The second kappa shape index (κ2) is 37.7. The number of azide groups is 1. The van der Waals surface area contributed by atoms with E-state index in [9.17, 15) is 41.1 Å². The zero-order chi connectivity index (χ0) is 67.5. The van der Waals surface area contributed by atoms with E-state index in [2.05, 4.69) is 62.4 Å². The number of hydrogen-bond acceptors (Lipinski definition) is 15. The fourth-order valence-corrected chi connectivity index (χ4v) is 13.4. The minimum Gasteiger partial charge on any atom is -0.377 e. The maximum Gasteiger partial charge on any atom is 0.332 e. The summed E-state index contributed by atoms with van der Waals surface area (Å²) in [7, 11) is -1.68. The molecule has 4 aromatic carbocycles. The van der Waals surface area contributed by atoms with Crippen LogP contribution in [0.2, 0.25) is 0 Å². The van der Waals surface area contributed by atoms with E-state index >= 15 is 0 Å². The predicted octanol–water partition coefficient (Wildman–Crippen LogP) is 9.54. The summed E-state index contributed by atoms with van der Waals surface area (Å²) in [6, 6.07) is 20.9. The van der Waals surface area contributed by atoms with Gasteiger partial charge in [0.1, 0.15) is 6.04 Å². The number of nitrogens with two attached hydrogens (primary N) is 3. The molecule has 4 aliphatic rings. The molecule has 0 aromatic heterocycles. The van der Waals surface area contributed by atoms with E-state index in [0.29, 0.717) is 68.9 Å². The van der Waals surface area contributed by atoms with Crippen LogP contribution < -0.4 is 33.2 Å². The van der Waals surface area contributed by atoms with Crippen LogP contribution in [0.3, 0.4) is 0 Å². The van der Waals surface area contributed by atoms with Crippen molar-refractivity contribution < 1.29 is 55.3 Å². The first-order chi connectivity index (χ1) is 45.4. The van der Waals surface area contributed by atoms with Gasteiger partial charge in [-0.05, 0) is 171 Å². The third-order valence-corrected chi connectivity index (χ3v) is 18.8. The Balaban J connectivity index is 0.981. The van der Waals surface area contributed by atoms with Gasteiger partial charge in [-0.3, -0.25) is 28.8 Å². The number of likely N-dealkylation sites (N-methyl/N-ethyl adjacent to an activating group) is 2. The van der Waals surface area contributed by atoms with Crippen LogP contribution in [0.4, 0.5) is 20.9 Å². The van der Waals surface area contributed by atoms with Gasteiger partial charge in [0.15, 0.2) is 0 Å². The number of nitrogens with one attached hydrogen (secondary N) is 3. The average Bonchev–Trinajstić information content (AvgIpc) is 0.736. The summed E-state index contributed by atoms with van der Waals surface area (Å²) in [5, 5.41) is 13.3. The number of ether oxygens (including phenoxy) is 3. The van der Waals surface area contributed by atoms with Gasteiger partial charge in [-0.2, -0.15) is 8.42 Å². The number of unbranched alkanes of at least 4 members (excludes halogenated alkanes) is 12. The number of carbonyl (C=O) groups is 6. The molecule has 6 amide bonds. The van der Waals surface area contributed by atoms with Crippen molar-refractivity contribution in [1.29, 1.82) is 0 Å². The third-order valence-electron chi connectivity index (χ3n) is 18.0. The summed E-state index contributed by atoms with van der Waals surface area (Å²) in [5.74, 6) is -1.61. The fourth-order valence-electron chi connectivity index (χ4n) is 12.9. The molecule has 1 unspecified atom stereocenters. The van der Waals surface area contributed by atoms with Crippen LogP contribution >= 0.6 is 0 Å². The van der Waals surface area contributed by atoms with E-state index in [0.717, 1.165) is 154 Å². The molecule has 0 spiro atoms. The number of anilines is 3. The molecule has 3 aliphatic carbocycles. The number of rotatable bonds is 43. The van der Waals surface area contributed by atoms with Crippen molar-refractivity contribution in [1.82, 2.24) is 14.7 Å². The maximum absolute atomic E-state index is 14.5. The van der Waals surface area contributed by atoms with Gasteiger partial charge < -0.3 is 62.1 Å². The van der Waals surface area contributed by atoms with Crippen molar-refractivity contribution in [2.75, 3.05) is 109 Å². The third kappa shape index (κ3) is 20.8. The molecule has 1 fully saturated rings. The summed E-state index contributed by atoms with van der Waals surface area (Å²) in [6.07, 6.45) is 15.7. The Hall–Kier alpha value is -7.35. The maximum atomic E-state index is 14.5. The van der Waals surface area contributed by atoms with E-state index in [4.69, 9.17) is 36.9 Å². The molecule has 2 bridgehead atoms. The molecule has 512 valence electrons. The van der Waals surface area contributed by atoms with Crippen LogP contribution in [0.15, 0.2) is 88.9 Å². The number of benzene rings is 4. The summed E-state index contributed by atoms with van der Waals surface area (Å²) in [5.41, 5.74) is 33.2. The number of likely N-dealkylation sites (tertiary alicyclic amines) is 1. The quantitative estimate of drug-likeness (QED) is 0.00790. The smallest absolute Gasteiger partial charge is 0.332 e. The Morgan fingerprint density at radius 1 is 0.585 bits per heavy atom. The molecule has 23 nitrogen and oxygen atoms in total. The first-order valence-electron chi connectivity index (χ1n) is 33.5. The molecule has 94 heavy (non-hydrogen) atoms. The first-order valence-corrected chi connectivity index (χ1v) is 34.9. The molecular formula is C69H97FN12O11S. The number of amides is 6. The van der Waals surface area contributed by atoms with Crippen molar-refractivity contribution in [3.63, 3.8) is 0 Å². The summed E-state index contributed by atoms with van der Waals surface area (Å²) in [4.78, 5) is 89.0. The van der Waals surface area contributed by atoms with Crippen LogP contribution in [-0.4, -0.2) is 164 Å². The van der Waals surface area contributed by atoms with Gasteiger partial charge in [0.2, 0.25) is 29.5 Å². The minimum absolute atomic E-state index is 0.0337. The number of carbonyl (C=O) groups excluding carboxylic acids is 6. The second-order valence-electron chi connectivity index (χ2n) is 24.8. The highest BCUT2D eigenvalue weighted by Crippen LogP contribution is 2.62. The van der Waals surface area contributed by atoms with E-state index in [-0.39, 0.29) is 101 Å². The van der Waals surface area contributed by atoms with Gasteiger partial charge in [0.05, 0.1) is 50.6 Å². The second-order valence-corrected chi connectivity index (χ2v) is 26.1. The van der Waals surface area contributed by atoms with E-state index < -0.39 is 44.4 Å². The SMILES string of the molecule is CN(CCOCCOCCOCCN(C)C(=O)C1C[C@H](N=[N+]=[N-])CN1C(=O)c1ccc(S(=O)(=O)F)cc1)C(=O)CCC12c3cc(NC(=O)CCCCCCCN)ccc3C(c3ccc(NC(=O)CCCCCCCN)cc31)c1ccc(NC(=O)CCCCCCCN)cc12. The van der Waals surface area contributed by atoms with Crippen LogP contribution in [0, 0.1) is 0 Å². The van der Waals surface area contributed by atoms with Crippen molar-refractivity contribution in [3.05, 3.63) is 128 Å². The van der Waals surface area contributed by atoms with Crippen molar-refractivity contribution in [3.8, 4) is 0 Å². The highest BCUT2D eigenvalue weighted by molar-refractivity contribution is 7.86. The Labute approximate surface area is 552 Å². The highest BCUT2D eigenvalue weighted by Gasteiger charge is 2.52. The van der Waals surface area contributed by atoms with E-state index in [1.165, 1.54) is 9.80 Å². The molecule has 0 radical (unpaired) electrons. The monoisotopic (exact) mass is 1320 g/mol. The lowest BCUT2D eigenvalue weighted by Gasteiger charge is -2.51. The Bertz CT molecular complexity index is 3150. The standard InChI is InChI=1S/C69H97FN12O11S/c1-80(36-38-91-40-42-93-43-41-92-39-37-81(2)68(88)61-47-53(78-79-74)48-82(61)67(87)49-21-26-54(27-22-49)94(70,89)90)65(86)31-32-69-58-44-50(75-62(83)18-12-6-3-9-15-33-71)23-28-55(58)66(56-29-24-51(45-59(56)69)76-63(84)19-13-7-4-10-16-34-72)57-30-25-52(46-60(57)69)77-64(85)20-14-8-5-11-17-35-73/h21-30,44-46,53,61,66H,3-20,31-43,47-48,71-73H2,1-2H3,(H,75,83)(H,76,84)(H,77,85)/t53-,61?,66?,69?/m0/s1. The molecule has 0 saturated carbocycles. The fraction of sp³-hybridized carbons (Fsp3) is 0.565. The number of nitrogens with zero attached hydrogens (tertiary/aromatic N) is 6. The van der Waals surface area contributed by atoms with Gasteiger partial charge in [-0.15, -0.1) is 3.89 Å². The van der Waals surface area contributed by atoms with Gasteiger partial charge in [0, 0.05) is 98.3 Å². The highest BCUT2D eigenvalue weighted by atomic mass is 32.3. The van der Waals surface area contributed by atoms with Crippen molar-refractivity contribution in [2.24, 2.45) is 22.3 Å². The summed E-state index contributed by atoms with van der Waals surface area (Å²) in [6.45, 7) is 3.70. The first kappa shape index (κ1) is 74.1. The van der Waals surface area contributed by atoms with E-state index in [1.807, 2.05) is 18.2 Å². The van der Waals surface area contributed by atoms with Gasteiger partial charge in [0.25, 0.3) is 5.91 Å². The number of hydrogen-bond donors (Lipinski definition) is 6. The molecule has 1 saturated heterocycles. The summed E-state index contributed by atoms with van der Waals surface area (Å²) >= 11 is 0. The average molecular weight is 1320 g/mol. The topological polar surface area (TPSA) is 337 Å². The van der Waals surface area contributed by atoms with Crippen LogP contribution in [0.25, 0.3) is 10.4 Å². The number of halogens is 1. The van der Waals surface area contributed by atoms with Crippen LogP contribution in [0.5, 0.6) is 0 Å². The molecule has 1 heterocycles. The minimum atomic E-state index is -4.98. The molecule has 1 aliphatic heterocycles. The molecule has 4 aromatic rings. The lowest BCUT2D eigenvalue weighted by atomic mass is 9.51. The van der Waals surface area contributed by atoms with Gasteiger partial charge >= 0.3 is 10.2 Å². The van der Waals surface area contributed by atoms with E-state index in [1.54, 1.807) is 19.0 Å². The molecular weight excluding hydrogens is 1220 g/mol. The predicted molar refractivity (Wildman–Crippen MR) is 360 cm³/mol. The zero-order valence-electron chi connectivity index (χ0n) is 54.8. The van der Waals surface area contributed by atoms with Crippen molar-refractivity contribution in [2.45, 2.75) is 163 Å². The molecule has 25 heteroatoms. The lowest BCUT2D eigenvalue weighted by molar-refractivity contribution is -0.134. The van der Waals surface area contributed by atoms with Crippen LogP contribution in [-0.2, 0) is 53.8 Å². The lowest BCUT2D eigenvalue weighted by Crippen LogP contribution is -2.47.